The second-order valence-electron chi connectivity index (χ2n) is 4.25. The number of rotatable bonds is 3. The summed E-state index contributed by atoms with van der Waals surface area (Å²) in [5.41, 5.74) is 1.46. The number of thiazole rings is 1. The molecule has 4 heteroatoms. The first-order valence-electron chi connectivity index (χ1n) is 4.86. The zero-order valence-corrected chi connectivity index (χ0v) is 10.3. The molecule has 1 fully saturated rings. The molecule has 1 aromatic rings. The molecule has 0 amide bonds. The van der Waals surface area contributed by atoms with E-state index in [1.807, 2.05) is 18.4 Å². The molecule has 2 rings (SSSR count). The molecule has 1 aliphatic rings. The summed E-state index contributed by atoms with van der Waals surface area (Å²) in [6, 6.07) is 0. The highest BCUT2D eigenvalue weighted by Gasteiger charge is 2.42. The largest absolute Gasteiger partial charge is 0.307 e. The van der Waals surface area contributed by atoms with Gasteiger partial charge in [0.2, 0.25) is 0 Å². The number of hydrogen-bond acceptors (Lipinski definition) is 3. The molecule has 0 aliphatic heterocycles. The van der Waals surface area contributed by atoms with Crippen LogP contribution in [-0.4, -0.2) is 10.3 Å². The lowest BCUT2D eigenvalue weighted by atomic mass is 10.1. The van der Waals surface area contributed by atoms with Crippen molar-refractivity contribution in [2.45, 2.75) is 33.2 Å². The molecular weight excluding hydrogens is 214 g/mol. The van der Waals surface area contributed by atoms with E-state index in [0.29, 0.717) is 5.41 Å². The highest BCUT2D eigenvalue weighted by atomic mass is 32.1. The van der Waals surface area contributed by atoms with E-state index < -0.39 is 0 Å². The van der Waals surface area contributed by atoms with Crippen LogP contribution in [0.2, 0.25) is 0 Å². The van der Waals surface area contributed by atoms with E-state index in [4.69, 9.17) is 0 Å². The van der Waals surface area contributed by atoms with Crippen LogP contribution in [0.3, 0.4) is 0 Å². The molecule has 0 radical (unpaired) electrons. The van der Waals surface area contributed by atoms with Gasteiger partial charge in [0.05, 0.1) is 0 Å². The predicted molar refractivity (Wildman–Crippen MR) is 63.6 cm³/mol. The summed E-state index contributed by atoms with van der Waals surface area (Å²) in [5, 5.41) is 0. The second kappa shape index (κ2) is 3.42. The normalized spacial score (nSPS) is 18.5. The van der Waals surface area contributed by atoms with Crippen LogP contribution < -0.4 is 4.87 Å². The van der Waals surface area contributed by atoms with Crippen molar-refractivity contribution < 1.29 is 0 Å². The summed E-state index contributed by atoms with van der Waals surface area (Å²) in [6.07, 6.45) is 2.44. The average Bonchev–Trinajstić information content (AvgIpc) is 2.88. The summed E-state index contributed by atoms with van der Waals surface area (Å²) < 4.78 is 1.92. The Morgan fingerprint density at radius 3 is 2.50 bits per heavy atom. The Kier molecular flexibility index (Phi) is 2.52. The van der Waals surface area contributed by atoms with Gasteiger partial charge in [-0.05, 0) is 37.9 Å². The van der Waals surface area contributed by atoms with Gasteiger partial charge in [0, 0.05) is 17.1 Å². The van der Waals surface area contributed by atoms with E-state index in [2.05, 4.69) is 12.6 Å². The number of nitrogens with zero attached hydrogens (tertiary/aromatic N) is 1. The number of thiol groups is 1. The van der Waals surface area contributed by atoms with Gasteiger partial charge in [0.25, 0.3) is 0 Å². The van der Waals surface area contributed by atoms with Crippen LogP contribution in [0.25, 0.3) is 0 Å². The van der Waals surface area contributed by atoms with Crippen molar-refractivity contribution in [1.29, 1.82) is 0 Å². The number of hydrogen-bond donors (Lipinski definition) is 1. The first-order valence-corrected chi connectivity index (χ1v) is 6.31. The Bertz CT molecular complexity index is 401. The highest BCUT2D eigenvalue weighted by molar-refractivity contribution is 7.80. The summed E-state index contributed by atoms with van der Waals surface area (Å²) in [7, 11) is 0. The molecule has 0 unspecified atom stereocenters. The van der Waals surface area contributed by atoms with Gasteiger partial charge in [-0.1, -0.05) is 11.3 Å². The fraction of sp³-hybridized carbons (Fsp3) is 0.700. The summed E-state index contributed by atoms with van der Waals surface area (Å²) in [5.74, 6) is 0.897. The first kappa shape index (κ1) is 10.3. The minimum Gasteiger partial charge on any atom is -0.302 e. The van der Waals surface area contributed by atoms with Gasteiger partial charge < -0.3 is 4.57 Å². The molecule has 1 aromatic heterocycles. The molecule has 0 atom stereocenters. The van der Waals surface area contributed by atoms with E-state index in [1.54, 1.807) is 0 Å². The quantitative estimate of drug-likeness (QED) is 0.789. The fourth-order valence-electron chi connectivity index (χ4n) is 1.65. The zero-order valence-electron chi connectivity index (χ0n) is 8.54. The minimum absolute atomic E-state index is 0.188. The van der Waals surface area contributed by atoms with Crippen LogP contribution in [0.5, 0.6) is 0 Å². The molecule has 0 aromatic carbocycles. The molecule has 0 bridgehead atoms. The molecule has 1 saturated carbocycles. The van der Waals surface area contributed by atoms with Crippen LogP contribution >= 0.6 is 24.0 Å². The molecule has 14 heavy (non-hydrogen) atoms. The van der Waals surface area contributed by atoms with Crippen molar-refractivity contribution in [2.75, 3.05) is 5.75 Å². The van der Waals surface area contributed by atoms with E-state index in [9.17, 15) is 4.79 Å². The first-order chi connectivity index (χ1) is 6.58. The maximum Gasteiger partial charge on any atom is 0.307 e. The Hall–Kier alpha value is -0.220. The third-order valence-electron chi connectivity index (χ3n) is 3.16. The molecule has 78 valence electrons. The van der Waals surface area contributed by atoms with Crippen molar-refractivity contribution in [3.05, 3.63) is 20.2 Å². The van der Waals surface area contributed by atoms with Crippen molar-refractivity contribution in [3.8, 4) is 0 Å². The van der Waals surface area contributed by atoms with Crippen LogP contribution in [0.4, 0.5) is 0 Å². The zero-order chi connectivity index (χ0) is 10.3. The Morgan fingerprint density at radius 1 is 1.50 bits per heavy atom. The molecule has 1 heterocycles. The molecule has 2 nitrogen and oxygen atoms in total. The van der Waals surface area contributed by atoms with Crippen LogP contribution in [0.15, 0.2) is 4.79 Å². The second-order valence-corrected chi connectivity index (χ2v) is 5.74. The molecule has 1 aliphatic carbocycles. The molecule has 0 saturated heterocycles. The van der Waals surface area contributed by atoms with E-state index in [-0.39, 0.29) is 4.87 Å². The van der Waals surface area contributed by atoms with E-state index in [1.165, 1.54) is 24.2 Å². The average molecular weight is 229 g/mol. The number of aryl methyl sites for hydroxylation is 1. The lowest BCUT2D eigenvalue weighted by molar-refractivity contribution is 0.462. The third kappa shape index (κ3) is 1.65. The van der Waals surface area contributed by atoms with Gasteiger partial charge in [-0.2, -0.15) is 12.6 Å². The predicted octanol–water partition coefficient (Wildman–Crippen LogP) is 2.24. The SMILES string of the molecule is Cc1sc(=O)n(CC2(CS)CC2)c1C. The van der Waals surface area contributed by atoms with Crippen LogP contribution in [0.1, 0.15) is 23.4 Å². The molecule has 0 spiro atoms. The fourth-order valence-corrected chi connectivity index (χ4v) is 2.90. The highest BCUT2D eigenvalue weighted by Crippen LogP contribution is 2.47. The smallest absolute Gasteiger partial charge is 0.302 e. The molecule has 0 N–H and O–H groups in total. The maximum absolute atomic E-state index is 11.6. The Balaban J connectivity index is 2.29. The molecular formula is C10H15NOS2. The van der Waals surface area contributed by atoms with Gasteiger partial charge in [0.15, 0.2) is 0 Å². The van der Waals surface area contributed by atoms with Gasteiger partial charge in [-0.15, -0.1) is 0 Å². The Morgan fingerprint density at radius 2 is 2.14 bits per heavy atom. The maximum atomic E-state index is 11.6. The summed E-state index contributed by atoms with van der Waals surface area (Å²) in [4.78, 5) is 13.0. The van der Waals surface area contributed by atoms with Crippen molar-refractivity contribution in [2.24, 2.45) is 5.41 Å². The van der Waals surface area contributed by atoms with Gasteiger partial charge >= 0.3 is 4.87 Å². The standard InChI is InChI=1S/C10H15NOS2/c1-7-8(2)14-9(12)11(7)5-10(6-13)3-4-10/h13H,3-6H2,1-2H3. The summed E-state index contributed by atoms with van der Waals surface area (Å²) in [6.45, 7) is 4.91. The Labute approximate surface area is 93.4 Å². The van der Waals surface area contributed by atoms with Crippen molar-refractivity contribution in [3.63, 3.8) is 0 Å². The monoisotopic (exact) mass is 229 g/mol. The summed E-state index contributed by atoms with van der Waals surface area (Å²) >= 11 is 5.71. The van der Waals surface area contributed by atoms with Gasteiger partial charge in [0.1, 0.15) is 0 Å². The van der Waals surface area contributed by atoms with Gasteiger partial charge in [-0.25, -0.2) is 0 Å². The third-order valence-corrected chi connectivity index (χ3v) is 4.83. The lowest BCUT2D eigenvalue weighted by Gasteiger charge is -2.13. The van der Waals surface area contributed by atoms with Crippen LogP contribution in [-0.2, 0) is 6.54 Å². The minimum atomic E-state index is 0.188. The van der Waals surface area contributed by atoms with E-state index in [0.717, 1.165) is 22.9 Å². The van der Waals surface area contributed by atoms with Gasteiger partial charge in [-0.3, -0.25) is 4.79 Å². The van der Waals surface area contributed by atoms with E-state index >= 15 is 0 Å². The van der Waals surface area contributed by atoms with Crippen LogP contribution in [0, 0.1) is 19.3 Å². The lowest BCUT2D eigenvalue weighted by Crippen LogP contribution is -2.22. The van der Waals surface area contributed by atoms with Crippen molar-refractivity contribution in [1.82, 2.24) is 4.57 Å². The van der Waals surface area contributed by atoms with Crippen molar-refractivity contribution >= 4 is 24.0 Å². The number of aromatic nitrogens is 1. The topological polar surface area (TPSA) is 22.0 Å².